The summed E-state index contributed by atoms with van der Waals surface area (Å²) >= 11 is 0. The number of rotatable bonds is 2. The summed E-state index contributed by atoms with van der Waals surface area (Å²) in [5.74, 6) is 0.479. The molecule has 0 N–H and O–H groups in total. The summed E-state index contributed by atoms with van der Waals surface area (Å²) in [6.07, 6.45) is 6.45. The van der Waals surface area contributed by atoms with Gasteiger partial charge in [-0.2, -0.15) is 0 Å². The van der Waals surface area contributed by atoms with Crippen LogP contribution in [0.1, 0.15) is 66.2 Å². The van der Waals surface area contributed by atoms with Crippen LogP contribution < -0.4 is 0 Å². The van der Waals surface area contributed by atoms with Gasteiger partial charge in [-0.1, -0.05) is 27.7 Å². The monoisotopic (exact) mass is 196 g/mol. The Labute approximate surface area is 88.3 Å². The predicted octanol–water partition coefficient (Wildman–Crippen LogP) is 3.96. The van der Waals surface area contributed by atoms with Crippen LogP contribution in [0.5, 0.6) is 0 Å². The smallest absolute Gasteiger partial charge is 0.133 e. The third-order valence-corrected chi connectivity index (χ3v) is 3.34. The van der Waals surface area contributed by atoms with Crippen molar-refractivity contribution in [3.8, 4) is 0 Å². The van der Waals surface area contributed by atoms with E-state index in [4.69, 9.17) is 0 Å². The Morgan fingerprint density at radius 1 is 1.36 bits per heavy atom. The first-order valence-corrected chi connectivity index (χ1v) is 5.83. The van der Waals surface area contributed by atoms with Gasteiger partial charge in [-0.05, 0) is 36.5 Å². The quantitative estimate of drug-likeness (QED) is 0.653. The molecule has 1 nitrogen and oxygen atoms in total. The molecule has 1 heteroatoms. The van der Waals surface area contributed by atoms with E-state index in [0.717, 1.165) is 19.3 Å². The van der Waals surface area contributed by atoms with Crippen LogP contribution in [-0.4, -0.2) is 5.78 Å². The molecule has 82 valence electrons. The molecule has 1 atom stereocenters. The molecule has 1 unspecified atom stereocenters. The molecule has 0 aliphatic heterocycles. The fourth-order valence-electron chi connectivity index (χ4n) is 2.26. The van der Waals surface area contributed by atoms with E-state index in [1.807, 2.05) is 0 Å². The van der Waals surface area contributed by atoms with Crippen LogP contribution in [0.3, 0.4) is 0 Å². The molecular weight excluding hydrogens is 172 g/mol. The third-order valence-electron chi connectivity index (χ3n) is 3.34. The molecule has 0 aromatic carbocycles. The Bertz CT molecular complexity index is 212. The molecule has 14 heavy (non-hydrogen) atoms. The zero-order valence-corrected chi connectivity index (χ0v) is 10.2. The van der Waals surface area contributed by atoms with Crippen LogP contribution in [0, 0.1) is 10.8 Å². The summed E-state index contributed by atoms with van der Waals surface area (Å²) in [6.45, 7) is 9.12. The van der Waals surface area contributed by atoms with Crippen LogP contribution in [0.4, 0.5) is 0 Å². The minimum absolute atomic E-state index is 0.308. The summed E-state index contributed by atoms with van der Waals surface area (Å²) in [7, 11) is 0. The summed E-state index contributed by atoms with van der Waals surface area (Å²) in [5, 5.41) is 0. The highest BCUT2D eigenvalue weighted by Crippen LogP contribution is 2.40. The minimum atomic E-state index is 0.308. The zero-order chi connectivity index (χ0) is 10.8. The molecule has 0 aromatic heterocycles. The minimum Gasteiger partial charge on any atom is -0.300 e. The Balaban J connectivity index is 2.45. The van der Waals surface area contributed by atoms with Gasteiger partial charge in [-0.3, -0.25) is 4.79 Å². The van der Waals surface area contributed by atoms with Gasteiger partial charge in [-0.25, -0.2) is 0 Å². The number of Topliss-reactive ketones (excluding diaryl/α,β-unsaturated/α-hetero) is 1. The largest absolute Gasteiger partial charge is 0.300 e. The van der Waals surface area contributed by atoms with Crippen LogP contribution in [0.15, 0.2) is 0 Å². The van der Waals surface area contributed by atoms with Gasteiger partial charge >= 0.3 is 0 Å². The second kappa shape index (κ2) is 4.04. The first kappa shape index (κ1) is 11.7. The summed E-state index contributed by atoms with van der Waals surface area (Å²) in [5.41, 5.74) is 0.714. The lowest BCUT2D eigenvalue weighted by atomic mass is 9.70. The lowest BCUT2D eigenvalue weighted by Crippen LogP contribution is -2.27. The highest BCUT2D eigenvalue weighted by atomic mass is 16.1. The number of carbonyl (C=O) groups excluding carboxylic acids is 1. The van der Waals surface area contributed by atoms with E-state index >= 15 is 0 Å². The maximum Gasteiger partial charge on any atom is 0.133 e. The van der Waals surface area contributed by atoms with Crippen molar-refractivity contribution in [2.45, 2.75) is 66.2 Å². The van der Waals surface area contributed by atoms with Gasteiger partial charge in [0.05, 0.1) is 0 Å². The molecule has 1 rings (SSSR count). The zero-order valence-electron chi connectivity index (χ0n) is 10.2. The summed E-state index contributed by atoms with van der Waals surface area (Å²) < 4.78 is 0. The molecule has 1 fully saturated rings. The van der Waals surface area contributed by atoms with Crippen molar-refractivity contribution in [3.05, 3.63) is 0 Å². The van der Waals surface area contributed by atoms with E-state index < -0.39 is 0 Å². The van der Waals surface area contributed by atoms with Crippen LogP contribution in [0.2, 0.25) is 0 Å². The van der Waals surface area contributed by atoms with Gasteiger partial charge in [0, 0.05) is 12.8 Å². The molecule has 0 aromatic rings. The average molecular weight is 196 g/mol. The second-order valence-electron chi connectivity index (χ2n) is 6.44. The fourth-order valence-corrected chi connectivity index (χ4v) is 2.26. The molecule has 0 amide bonds. The van der Waals surface area contributed by atoms with Gasteiger partial charge in [0.1, 0.15) is 5.78 Å². The fraction of sp³-hybridized carbons (Fsp3) is 0.923. The maximum absolute atomic E-state index is 11.4. The van der Waals surface area contributed by atoms with E-state index in [1.165, 1.54) is 19.3 Å². The molecule has 0 bridgehead atoms. The first-order valence-electron chi connectivity index (χ1n) is 5.83. The van der Waals surface area contributed by atoms with Gasteiger partial charge in [0.2, 0.25) is 0 Å². The van der Waals surface area contributed by atoms with E-state index in [2.05, 4.69) is 27.7 Å². The number of hydrogen-bond donors (Lipinski definition) is 0. The Morgan fingerprint density at radius 2 is 2.00 bits per heavy atom. The highest BCUT2D eigenvalue weighted by Gasteiger charge is 2.31. The molecule has 1 saturated carbocycles. The van der Waals surface area contributed by atoms with Crippen molar-refractivity contribution in [3.63, 3.8) is 0 Å². The topological polar surface area (TPSA) is 17.1 Å². The normalized spacial score (nSPS) is 29.3. The lowest BCUT2D eigenvalue weighted by molar-refractivity contribution is -0.123. The van der Waals surface area contributed by atoms with Crippen molar-refractivity contribution in [1.82, 2.24) is 0 Å². The highest BCUT2D eigenvalue weighted by molar-refractivity contribution is 5.79. The molecule has 0 saturated heterocycles. The summed E-state index contributed by atoms with van der Waals surface area (Å²) in [6, 6.07) is 0. The molecular formula is C13H24O. The molecule has 1 aliphatic rings. The van der Waals surface area contributed by atoms with Crippen molar-refractivity contribution >= 4 is 5.78 Å². The van der Waals surface area contributed by atoms with Gasteiger partial charge < -0.3 is 0 Å². The summed E-state index contributed by atoms with van der Waals surface area (Å²) in [4.78, 5) is 11.4. The maximum atomic E-state index is 11.4. The lowest BCUT2D eigenvalue weighted by Gasteiger charge is -2.35. The van der Waals surface area contributed by atoms with E-state index in [9.17, 15) is 4.79 Å². The van der Waals surface area contributed by atoms with Gasteiger partial charge in [-0.15, -0.1) is 0 Å². The molecule has 0 spiro atoms. The van der Waals surface area contributed by atoms with Crippen molar-refractivity contribution in [2.75, 3.05) is 0 Å². The van der Waals surface area contributed by atoms with E-state index in [1.54, 1.807) is 0 Å². The number of carbonyl (C=O) groups is 1. The Kier molecular flexibility index (Phi) is 3.39. The third kappa shape index (κ3) is 3.81. The van der Waals surface area contributed by atoms with Crippen LogP contribution in [0.25, 0.3) is 0 Å². The van der Waals surface area contributed by atoms with Crippen LogP contribution in [-0.2, 0) is 4.79 Å². The molecule has 0 radical (unpaired) electrons. The standard InChI is InChI=1S/C13H24O/c1-12(2,3)8-9-13(4)7-5-6-11(14)10-13/h5-10H2,1-4H3. The van der Waals surface area contributed by atoms with Gasteiger partial charge in [0.15, 0.2) is 0 Å². The van der Waals surface area contributed by atoms with Crippen molar-refractivity contribution in [2.24, 2.45) is 10.8 Å². The van der Waals surface area contributed by atoms with Gasteiger partial charge in [0.25, 0.3) is 0 Å². The molecule has 0 heterocycles. The number of ketones is 1. The number of hydrogen-bond acceptors (Lipinski definition) is 1. The van der Waals surface area contributed by atoms with E-state index in [-0.39, 0.29) is 0 Å². The SMILES string of the molecule is CC(C)(C)CCC1(C)CCCC(=O)C1. The van der Waals surface area contributed by atoms with Crippen LogP contribution >= 0.6 is 0 Å². The van der Waals surface area contributed by atoms with Crippen molar-refractivity contribution < 1.29 is 4.79 Å². The molecule has 1 aliphatic carbocycles. The first-order chi connectivity index (χ1) is 6.31. The second-order valence-corrected chi connectivity index (χ2v) is 6.44. The average Bonchev–Trinajstić information content (AvgIpc) is 1.99. The Hall–Kier alpha value is -0.330. The Morgan fingerprint density at radius 3 is 2.50 bits per heavy atom. The van der Waals surface area contributed by atoms with E-state index in [0.29, 0.717) is 16.6 Å². The predicted molar refractivity (Wildman–Crippen MR) is 60.3 cm³/mol. The van der Waals surface area contributed by atoms with Crippen molar-refractivity contribution in [1.29, 1.82) is 0 Å².